The summed E-state index contributed by atoms with van der Waals surface area (Å²) in [4.78, 5) is 42.5. The molecule has 4 atom stereocenters. The molecule has 8 nitrogen and oxygen atoms in total. The first-order valence-corrected chi connectivity index (χ1v) is 17.4. The van der Waals surface area contributed by atoms with Gasteiger partial charge in [0.2, 0.25) is 11.8 Å². The van der Waals surface area contributed by atoms with E-state index in [1.165, 1.54) is 19.6 Å². The van der Waals surface area contributed by atoms with Crippen molar-refractivity contribution in [3.8, 4) is 11.5 Å². The molecule has 2 amide bonds. The first-order valence-electron chi connectivity index (χ1n) is 17.4. The van der Waals surface area contributed by atoms with Crippen molar-refractivity contribution >= 4 is 29.0 Å². The number of hydrogen-bond donors (Lipinski definition) is 3. The molecule has 51 heavy (non-hydrogen) atoms. The van der Waals surface area contributed by atoms with Gasteiger partial charge in [0.15, 0.2) is 11.5 Å². The molecule has 3 N–H and O–H groups in total. The van der Waals surface area contributed by atoms with Crippen LogP contribution in [0.25, 0.3) is 0 Å². The Morgan fingerprint density at radius 3 is 1.92 bits per heavy atom. The van der Waals surface area contributed by atoms with E-state index in [-0.39, 0.29) is 11.8 Å². The van der Waals surface area contributed by atoms with E-state index in [2.05, 4.69) is 43.5 Å². The van der Waals surface area contributed by atoms with E-state index in [1.807, 2.05) is 76.2 Å². The maximum Gasteiger partial charge on any atom is 0.235 e. The van der Waals surface area contributed by atoms with Gasteiger partial charge >= 0.3 is 0 Å². The molecule has 0 saturated heterocycles. The van der Waals surface area contributed by atoms with Gasteiger partial charge in [-0.15, -0.1) is 0 Å². The second kappa shape index (κ2) is 14.7. The zero-order valence-electron chi connectivity index (χ0n) is 31.1. The number of ketones is 1. The van der Waals surface area contributed by atoms with Crippen molar-refractivity contribution in [1.29, 1.82) is 0 Å². The largest absolute Gasteiger partial charge is 0.493 e. The maximum atomic E-state index is 14.4. The Hall–Kier alpha value is -4.95. The molecular formula is C43H50N2O6. The Labute approximate surface area is 301 Å². The van der Waals surface area contributed by atoms with E-state index < -0.39 is 41.0 Å². The number of benzene rings is 4. The van der Waals surface area contributed by atoms with Crippen LogP contribution in [0.3, 0.4) is 0 Å². The van der Waals surface area contributed by atoms with Gasteiger partial charge in [0.25, 0.3) is 0 Å². The number of aliphatic hydroxyl groups is 1. The molecule has 4 unspecified atom stereocenters. The Kier molecular flexibility index (Phi) is 10.8. The minimum atomic E-state index is -1.76. The highest BCUT2D eigenvalue weighted by Crippen LogP contribution is 2.48. The highest BCUT2D eigenvalue weighted by molar-refractivity contribution is 6.10. The predicted molar refractivity (Wildman–Crippen MR) is 202 cm³/mol. The Balaban J connectivity index is 1.55. The third-order valence-corrected chi connectivity index (χ3v) is 9.92. The Bertz CT molecular complexity index is 1940. The topological polar surface area (TPSA) is 114 Å². The molecule has 268 valence electrons. The van der Waals surface area contributed by atoms with Crippen molar-refractivity contribution in [2.24, 2.45) is 11.8 Å². The fourth-order valence-electron chi connectivity index (χ4n) is 6.93. The normalized spacial score (nSPS) is 20.4. The molecule has 1 aliphatic carbocycles. The van der Waals surface area contributed by atoms with Crippen molar-refractivity contribution in [3.05, 3.63) is 118 Å². The molecule has 0 aromatic heterocycles. The molecule has 0 heterocycles. The van der Waals surface area contributed by atoms with Crippen LogP contribution in [-0.4, -0.2) is 35.4 Å². The van der Waals surface area contributed by atoms with Crippen LogP contribution in [0.2, 0.25) is 0 Å². The fourth-order valence-corrected chi connectivity index (χ4v) is 6.93. The number of hydrogen-bond acceptors (Lipinski definition) is 6. The third kappa shape index (κ3) is 8.34. The molecule has 0 spiro atoms. The van der Waals surface area contributed by atoms with E-state index in [1.54, 1.807) is 18.2 Å². The lowest BCUT2D eigenvalue weighted by Gasteiger charge is -2.44. The number of anilines is 2. The molecule has 4 aromatic rings. The van der Waals surface area contributed by atoms with Gasteiger partial charge in [0, 0.05) is 23.7 Å². The lowest BCUT2D eigenvalue weighted by molar-refractivity contribution is -0.150. The molecule has 1 aliphatic rings. The average Bonchev–Trinajstić information content (AvgIpc) is 3.06. The first-order chi connectivity index (χ1) is 24.0. The molecule has 5 rings (SSSR count). The summed E-state index contributed by atoms with van der Waals surface area (Å²) in [6.07, 6.45) is -0.369. The van der Waals surface area contributed by atoms with Crippen LogP contribution < -0.4 is 20.1 Å². The van der Waals surface area contributed by atoms with Crippen LogP contribution >= 0.6 is 0 Å². The van der Waals surface area contributed by atoms with Crippen LogP contribution in [0.5, 0.6) is 11.5 Å². The molecule has 0 radical (unpaired) electrons. The number of nitrogens with one attached hydrogen (secondary N) is 2. The van der Waals surface area contributed by atoms with Crippen LogP contribution in [-0.2, 0) is 26.4 Å². The lowest BCUT2D eigenvalue weighted by Crippen LogP contribution is -2.56. The molecule has 0 aliphatic heterocycles. The molecule has 1 fully saturated rings. The summed E-state index contributed by atoms with van der Waals surface area (Å²) in [7, 11) is 1.52. The highest BCUT2D eigenvalue weighted by Gasteiger charge is 2.56. The van der Waals surface area contributed by atoms with Crippen molar-refractivity contribution in [1.82, 2.24) is 0 Å². The highest BCUT2D eigenvalue weighted by atomic mass is 16.5. The van der Waals surface area contributed by atoms with Gasteiger partial charge in [-0.1, -0.05) is 75.4 Å². The van der Waals surface area contributed by atoms with Crippen LogP contribution in [0, 0.1) is 39.5 Å². The van der Waals surface area contributed by atoms with E-state index in [9.17, 15) is 19.5 Å². The Morgan fingerprint density at radius 1 is 0.804 bits per heavy atom. The van der Waals surface area contributed by atoms with Crippen LogP contribution in [0.15, 0.2) is 78.9 Å². The SMILES string of the molecule is COc1cc(C2C(C(=O)Nc3cc(C)ccc3C)C(=O)CC(C)(O)C2C(=O)Nc2cc(C)ccc2C)ccc1OCc1ccc(C(C)(C)C)cc1. The number of aryl methyl sites for hydroxylation is 4. The number of amides is 2. The van der Waals surface area contributed by atoms with Crippen molar-refractivity contribution < 1.29 is 29.0 Å². The second-order valence-corrected chi connectivity index (χ2v) is 15.2. The predicted octanol–water partition coefficient (Wildman–Crippen LogP) is 8.12. The number of ether oxygens (including phenoxy) is 2. The maximum absolute atomic E-state index is 14.4. The van der Waals surface area contributed by atoms with Gasteiger partial charge in [-0.25, -0.2) is 0 Å². The molecule has 1 saturated carbocycles. The third-order valence-electron chi connectivity index (χ3n) is 9.92. The summed E-state index contributed by atoms with van der Waals surface area (Å²) in [6.45, 7) is 15.9. The molecule has 8 heteroatoms. The van der Waals surface area contributed by atoms with E-state index >= 15 is 0 Å². The second-order valence-electron chi connectivity index (χ2n) is 15.2. The van der Waals surface area contributed by atoms with Crippen molar-refractivity contribution in [2.45, 2.75) is 85.4 Å². The summed E-state index contributed by atoms with van der Waals surface area (Å²) in [5, 5.41) is 17.8. The first kappa shape index (κ1) is 37.3. The summed E-state index contributed by atoms with van der Waals surface area (Å²) < 4.78 is 12.0. The average molecular weight is 691 g/mol. The quantitative estimate of drug-likeness (QED) is 0.153. The summed E-state index contributed by atoms with van der Waals surface area (Å²) in [5.74, 6) is -4.15. The summed E-state index contributed by atoms with van der Waals surface area (Å²) in [5.41, 5.74) is 5.72. The van der Waals surface area contributed by atoms with Gasteiger partial charge < -0.3 is 25.2 Å². The number of rotatable bonds is 9. The van der Waals surface area contributed by atoms with Crippen LogP contribution in [0.4, 0.5) is 11.4 Å². The smallest absolute Gasteiger partial charge is 0.235 e. The zero-order valence-corrected chi connectivity index (χ0v) is 31.1. The number of methoxy groups -OCH3 is 1. The van der Waals surface area contributed by atoms with Gasteiger partial charge in [0.05, 0.1) is 18.6 Å². The van der Waals surface area contributed by atoms with Gasteiger partial charge in [-0.05, 0) is 103 Å². The number of Topliss-reactive ketones (excluding diaryl/α,β-unsaturated/α-hetero) is 1. The Morgan fingerprint density at radius 2 is 1.37 bits per heavy atom. The fraction of sp³-hybridized carbons (Fsp3) is 0.372. The van der Waals surface area contributed by atoms with Gasteiger partial charge in [-0.3, -0.25) is 14.4 Å². The van der Waals surface area contributed by atoms with Crippen molar-refractivity contribution in [3.63, 3.8) is 0 Å². The number of carbonyl (C=O) groups excluding carboxylic acids is 3. The van der Waals surface area contributed by atoms with E-state index in [0.717, 1.165) is 27.8 Å². The monoisotopic (exact) mass is 690 g/mol. The lowest BCUT2D eigenvalue weighted by atomic mass is 9.61. The zero-order chi connectivity index (χ0) is 37.2. The molecule has 0 bridgehead atoms. The summed E-state index contributed by atoms with van der Waals surface area (Å²) in [6, 6.07) is 24.9. The summed E-state index contributed by atoms with van der Waals surface area (Å²) >= 11 is 0. The molecule has 4 aromatic carbocycles. The van der Waals surface area contributed by atoms with Gasteiger partial charge in [-0.2, -0.15) is 0 Å². The van der Waals surface area contributed by atoms with E-state index in [0.29, 0.717) is 35.0 Å². The molecular weight excluding hydrogens is 640 g/mol. The van der Waals surface area contributed by atoms with E-state index in [4.69, 9.17) is 9.47 Å². The number of carbonyl (C=O) groups is 3. The van der Waals surface area contributed by atoms with Crippen molar-refractivity contribution in [2.75, 3.05) is 17.7 Å². The standard InChI is InChI=1S/C43H50N2O6/c1-25-10-12-27(3)32(20-25)44-40(47)38-34(46)23-43(8,49)39(41(48)45-33-21-26(2)11-13-28(33)4)37(38)30-16-19-35(36(22-30)50-9)51-24-29-14-17-31(18-15-29)42(5,6)7/h10-22,37-39,49H,23-24H2,1-9H3,(H,44,47)(H,45,48). The minimum absolute atomic E-state index is 0.0326. The van der Waals surface area contributed by atoms with Crippen LogP contribution in [0.1, 0.15) is 79.0 Å². The van der Waals surface area contributed by atoms with Gasteiger partial charge in [0.1, 0.15) is 18.3 Å². The minimum Gasteiger partial charge on any atom is -0.493 e.